The van der Waals surface area contributed by atoms with Gasteiger partial charge in [-0.3, -0.25) is 4.79 Å². The second-order valence-electron chi connectivity index (χ2n) is 6.03. The van der Waals surface area contributed by atoms with Gasteiger partial charge in [0.1, 0.15) is 0 Å². The fourth-order valence-electron chi connectivity index (χ4n) is 2.76. The molecule has 0 aliphatic carbocycles. The molecule has 1 heterocycles. The Labute approximate surface area is 172 Å². The summed E-state index contributed by atoms with van der Waals surface area (Å²) in [7, 11) is 2.27. The molecule has 2 N–H and O–H groups in total. The third kappa shape index (κ3) is 4.68. The van der Waals surface area contributed by atoms with E-state index in [1.807, 2.05) is 0 Å². The number of ether oxygens (including phenoxy) is 3. The molecule has 1 amide bonds. The van der Waals surface area contributed by atoms with Crippen LogP contribution in [0.5, 0.6) is 11.5 Å². The van der Waals surface area contributed by atoms with E-state index >= 15 is 0 Å². The molecule has 0 saturated heterocycles. The van der Waals surface area contributed by atoms with Gasteiger partial charge in [0.2, 0.25) is 0 Å². The highest BCUT2D eigenvalue weighted by Gasteiger charge is 2.22. The van der Waals surface area contributed by atoms with Crippen LogP contribution in [0.1, 0.15) is 33.0 Å². The zero-order chi connectivity index (χ0) is 22.7. The van der Waals surface area contributed by atoms with Crippen LogP contribution in [0.4, 0.5) is 23.2 Å². The summed E-state index contributed by atoms with van der Waals surface area (Å²) >= 11 is 0. The largest absolute Gasteiger partial charge is 0.493 e. The summed E-state index contributed by atoms with van der Waals surface area (Å²) in [4.78, 5) is 30.9. The Bertz CT molecular complexity index is 1130. The lowest BCUT2D eigenvalue weighted by Crippen LogP contribution is -2.16. The van der Waals surface area contributed by atoms with E-state index in [9.17, 15) is 27.2 Å². The predicted molar refractivity (Wildman–Crippen MR) is 100.0 cm³/mol. The average molecular weight is 441 g/mol. The Balaban J connectivity index is 1.98. The van der Waals surface area contributed by atoms with Crippen molar-refractivity contribution in [3.63, 3.8) is 0 Å². The highest BCUT2D eigenvalue weighted by atomic mass is 19.3. The fourth-order valence-corrected chi connectivity index (χ4v) is 2.76. The van der Waals surface area contributed by atoms with Gasteiger partial charge in [-0.1, -0.05) is 0 Å². The van der Waals surface area contributed by atoms with Crippen LogP contribution in [0, 0.1) is 0 Å². The maximum atomic E-state index is 12.8. The van der Waals surface area contributed by atoms with Crippen LogP contribution in [0.3, 0.4) is 0 Å². The van der Waals surface area contributed by atoms with E-state index in [0.717, 1.165) is 19.2 Å². The number of aromatic nitrogens is 2. The van der Waals surface area contributed by atoms with Crippen molar-refractivity contribution < 1.29 is 41.4 Å². The quantitative estimate of drug-likeness (QED) is 0.422. The smallest absolute Gasteiger partial charge is 0.387 e. The zero-order valence-corrected chi connectivity index (χ0v) is 16.0. The molecule has 2 aromatic carbocycles. The molecule has 0 atom stereocenters. The number of aromatic amines is 1. The van der Waals surface area contributed by atoms with E-state index in [-0.39, 0.29) is 33.6 Å². The number of anilines is 1. The molecule has 0 spiro atoms. The van der Waals surface area contributed by atoms with E-state index in [0.29, 0.717) is 0 Å². The van der Waals surface area contributed by atoms with Gasteiger partial charge in [-0.25, -0.2) is 18.6 Å². The Morgan fingerprint density at radius 1 is 1.06 bits per heavy atom. The number of hydrogen-bond acceptors (Lipinski definition) is 6. The summed E-state index contributed by atoms with van der Waals surface area (Å²) in [5.74, 6) is -2.79. The number of halogens is 4. The fraction of sp³-hybridized carbons (Fsp3) is 0.211. The standard InChI is InChI=1S/C19H15F4N3O5/c1-29-13-6-9(18(28)30-2)11(7-14(13)31-19(22)23)26-17(27)8-3-4-10-12(5-8)25-16(24-10)15(20)21/h3-7,15,19H,1-2H3,(H,24,25)(H,26,27). The van der Waals surface area contributed by atoms with Crippen LogP contribution >= 0.6 is 0 Å². The first-order valence-corrected chi connectivity index (χ1v) is 8.57. The molecule has 0 aliphatic heterocycles. The van der Waals surface area contributed by atoms with Gasteiger partial charge in [0.05, 0.1) is 36.5 Å². The summed E-state index contributed by atoms with van der Waals surface area (Å²) in [5, 5.41) is 2.40. The van der Waals surface area contributed by atoms with Crippen molar-refractivity contribution in [1.29, 1.82) is 0 Å². The number of nitrogens with zero attached hydrogens (tertiary/aromatic N) is 1. The second-order valence-corrected chi connectivity index (χ2v) is 6.03. The molecule has 31 heavy (non-hydrogen) atoms. The molecule has 0 unspecified atom stereocenters. The molecule has 3 aromatic rings. The van der Waals surface area contributed by atoms with Crippen LogP contribution in [0.25, 0.3) is 11.0 Å². The summed E-state index contributed by atoms with van der Waals surface area (Å²) in [6, 6.07) is 6.02. The predicted octanol–water partition coefficient (Wildman–Crippen LogP) is 4.15. The van der Waals surface area contributed by atoms with E-state index in [1.54, 1.807) is 0 Å². The molecule has 0 aliphatic rings. The molecular formula is C19H15F4N3O5. The molecule has 0 saturated carbocycles. The van der Waals surface area contributed by atoms with Crippen LogP contribution in [0.15, 0.2) is 30.3 Å². The molecule has 8 nitrogen and oxygen atoms in total. The molecule has 1 aromatic heterocycles. The summed E-state index contributed by atoms with van der Waals surface area (Å²) in [5.41, 5.74) is 0.0647. The number of esters is 1. The van der Waals surface area contributed by atoms with Crippen LogP contribution in [0.2, 0.25) is 0 Å². The van der Waals surface area contributed by atoms with E-state index < -0.39 is 36.5 Å². The number of rotatable bonds is 7. The van der Waals surface area contributed by atoms with Gasteiger partial charge >= 0.3 is 12.6 Å². The highest BCUT2D eigenvalue weighted by molar-refractivity contribution is 6.09. The summed E-state index contributed by atoms with van der Waals surface area (Å²) < 4.78 is 65.0. The normalized spacial score (nSPS) is 11.1. The van der Waals surface area contributed by atoms with Crippen LogP contribution < -0.4 is 14.8 Å². The van der Waals surface area contributed by atoms with E-state index in [1.165, 1.54) is 25.3 Å². The van der Waals surface area contributed by atoms with Gasteiger partial charge in [0.25, 0.3) is 12.3 Å². The highest BCUT2D eigenvalue weighted by Crippen LogP contribution is 2.35. The minimum Gasteiger partial charge on any atom is -0.493 e. The molecule has 0 fully saturated rings. The molecule has 0 bridgehead atoms. The van der Waals surface area contributed by atoms with Gasteiger partial charge in [-0.05, 0) is 18.2 Å². The molecular weight excluding hydrogens is 426 g/mol. The van der Waals surface area contributed by atoms with Gasteiger partial charge in [-0.15, -0.1) is 0 Å². The number of hydrogen-bond donors (Lipinski definition) is 2. The molecule has 164 valence electrons. The third-order valence-corrected chi connectivity index (χ3v) is 4.14. The number of H-pyrrole nitrogens is 1. The molecule has 3 rings (SSSR count). The average Bonchev–Trinajstić information content (AvgIpc) is 3.16. The van der Waals surface area contributed by atoms with Gasteiger partial charge < -0.3 is 24.5 Å². The molecule has 12 heteroatoms. The van der Waals surface area contributed by atoms with Crippen LogP contribution in [-0.4, -0.2) is 42.7 Å². The lowest BCUT2D eigenvalue weighted by Gasteiger charge is -2.15. The van der Waals surface area contributed by atoms with E-state index in [4.69, 9.17) is 4.74 Å². The number of carbonyl (C=O) groups is 2. The number of nitrogens with one attached hydrogen (secondary N) is 2. The third-order valence-electron chi connectivity index (χ3n) is 4.14. The van der Waals surface area contributed by atoms with Crippen molar-refractivity contribution in [1.82, 2.24) is 9.97 Å². The second kappa shape index (κ2) is 8.90. The van der Waals surface area contributed by atoms with Crippen molar-refractivity contribution in [2.24, 2.45) is 0 Å². The van der Waals surface area contributed by atoms with Crippen molar-refractivity contribution in [3.05, 3.63) is 47.3 Å². The first-order chi connectivity index (χ1) is 14.7. The van der Waals surface area contributed by atoms with Crippen molar-refractivity contribution in [3.8, 4) is 11.5 Å². The maximum Gasteiger partial charge on any atom is 0.387 e. The number of benzene rings is 2. The van der Waals surface area contributed by atoms with Gasteiger partial charge in [0.15, 0.2) is 17.3 Å². The number of amides is 1. The Hall–Kier alpha value is -3.83. The van der Waals surface area contributed by atoms with Crippen molar-refractivity contribution in [2.45, 2.75) is 13.0 Å². The Morgan fingerprint density at radius 2 is 1.81 bits per heavy atom. The van der Waals surface area contributed by atoms with Gasteiger partial charge in [-0.2, -0.15) is 8.78 Å². The molecule has 0 radical (unpaired) electrons. The first-order valence-electron chi connectivity index (χ1n) is 8.57. The lowest BCUT2D eigenvalue weighted by molar-refractivity contribution is -0.0511. The Morgan fingerprint density at radius 3 is 2.42 bits per heavy atom. The first kappa shape index (κ1) is 21.9. The number of fused-ring (bicyclic) bond motifs is 1. The van der Waals surface area contributed by atoms with Crippen LogP contribution in [-0.2, 0) is 4.74 Å². The number of imidazole rings is 1. The zero-order valence-electron chi connectivity index (χ0n) is 16.0. The number of methoxy groups -OCH3 is 2. The lowest BCUT2D eigenvalue weighted by atomic mass is 10.1. The SMILES string of the molecule is COC(=O)c1cc(OC)c(OC(F)F)cc1NC(=O)c1ccc2nc(C(F)F)[nH]c2c1. The monoisotopic (exact) mass is 441 g/mol. The Kier molecular flexibility index (Phi) is 6.28. The van der Waals surface area contributed by atoms with Crippen molar-refractivity contribution >= 4 is 28.6 Å². The summed E-state index contributed by atoms with van der Waals surface area (Å²) in [6.45, 7) is -3.19. The minimum atomic E-state index is -3.19. The number of alkyl halides is 4. The number of carbonyl (C=O) groups excluding carboxylic acids is 2. The summed E-state index contributed by atoms with van der Waals surface area (Å²) in [6.07, 6.45) is -2.82. The van der Waals surface area contributed by atoms with Gasteiger partial charge in [0, 0.05) is 17.7 Å². The van der Waals surface area contributed by atoms with E-state index in [2.05, 4.69) is 24.8 Å². The van der Waals surface area contributed by atoms with Crippen molar-refractivity contribution in [2.75, 3.05) is 19.5 Å². The topological polar surface area (TPSA) is 103 Å². The maximum absolute atomic E-state index is 12.8. The minimum absolute atomic E-state index is 0.0277.